The summed E-state index contributed by atoms with van der Waals surface area (Å²) in [5.41, 5.74) is 0.935. The molecule has 0 aliphatic heterocycles. The average molecular weight is 280 g/mol. The molecule has 5 nitrogen and oxygen atoms in total. The molecule has 1 aromatic rings. The van der Waals surface area contributed by atoms with E-state index in [1.807, 2.05) is 0 Å². The Labute approximate surface area is 122 Å². The van der Waals surface area contributed by atoms with Gasteiger partial charge in [-0.05, 0) is 34.2 Å². The Morgan fingerprint density at radius 2 is 1.85 bits per heavy atom. The molecule has 20 heavy (non-hydrogen) atoms. The molecule has 5 heteroatoms. The highest BCUT2D eigenvalue weighted by Gasteiger charge is 2.12. The minimum atomic E-state index is 0.521. The first-order valence-corrected chi connectivity index (χ1v) is 7.44. The average Bonchev–Trinajstić information content (AvgIpc) is 2.41. The highest BCUT2D eigenvalue weighted by Crippen LogP contribution is 2.07. The molecule has 0 aliphatic rings. The van der Waals surface area contributed by atoms with E-state index >= 15 is 0 Å². The summed E-state index contributed by atoms with van der Waals surface area (Å²) >= 11 is 0. The number of nitrogens with one attached hydrogen (secondary N) is 1. The third-order valence-electron chi connectivity index (χ3n) is 3.16. The number of aromatic nitrogens is 2. The molecular weight excluding hydrogens is 252 g/mol. The summed E-state index contributed by atoms with van der Waals surface area (Å²) in [4.78, 5) is 11.0. The lowest BCUT2D eigenvalue weighted by Crippen LogP contribution is -2.39. The Hall–Kier alpha value is -1.20. The fraction of sp³-hybridized carbons (Fsp3) is 0.733. The normalized spacial score (nSPS) is 11.6. The largest absolute Gasteiger partial charge is 0.475 e. The van der Waals surface area contributed by atoms with Gasteiger partial charge in [0.25, 0.3) is 0 Å². The molecule has 1 heterocycles. The zero-order valence-electron chi connectivity index (χ0n) is 13.4. The molecule has 0 saturated heterocycles. The highest BCUT2D eigenvalue weighted by molar-refractivity contribution is 5.07. The van der Waals surface area contributed by atoms with Crippen molar-refractivity contribution in [3.05, 3.63) is 18.1 Å². The molecule has 0 spiro atoms. The second kappa shape index (κ2) is 8.87. The van der Waals surface area contributed by atoms with Crippen LogP contribution in [0.5, 0.6) is 5.88 Å². The number of rotatable bonds is 9. The monoisotopic (exact) mass is 280 g/mol. The standard InChI is InChI=1S/C15H28N4O/c1-6-16-9-14-10-18-15(11-17-14)20-8-7-19(12(2)3)13(4)5/h10-13,16H,6-9H2,1-5H3. The lowest BCUT2D eigenvalue weighted by molar-refractivity contribution is 0.140. The first-order chi connectivity index (χ1) is 9.54. The van der Waals surface area contributed by atoms with Gasteiger partial charge in [0.2, 0.25) is 5.88 Å². The van der Waals surface area contributed by atoms with Crippen molar-refractivity contribution in [3.8, 4) is 5.88 Å². The molecule has 0 fully saturated rings. The molecule has 0 aliphatic carbocycles. The van der Waals surface area contributed by atoms with Crippen molar-refractivity contribution in [3.63, 3.8) is 0 Å². The van der Waals surface area contributed by atoms with Crippen LogP contribution in [0.2, 0.25) is 0 Å². The lowest BCUT2D eigenvalue weighted by atomic mass is 10.2. The molecule has 0 atom stereocenters. The van der Waals surface area contributed by atoms with Gasteiger partial charge in [-0.3, -0.25) is 9.88 Å². The maximum absolute atomic E-state index is 5.66. The first kappa shape index (κ1) is 16.9. The quantitative estimate of drug-likeness (QED) is 0.750. The van der Waals surface area contributed by atoms with Gasteiger partial charge in [-0.1, -0.05) is 6.92 Å². The molecule has 0 aromatic carbocycles. The predicted molar refractivity (Wildman–Crippen MR) is 81.9 cm³/mol. The van der Waals surface area contributed by atoms with Gasteiger partial charge in [-0.15, -0.1) is 0 Å². The highest BCUT2D eigenvalue weighted by atomic mass is 16.5. The number of hydrogen-bond donors (Lipinski definition) is 1. The van der Waals surface area contributed by atoms with Crippen LogP contribution in [-0.4, -0.2) is 46.6 Å². The summed E-state index contributed by atoms with van der Waals surface area (Å²) in [7, 11) is 0. The van der Waals surface area contributed by atoms with Gasteiger partial charge >= 0.3 is 0 Å². The van der Waals surface area contributed by atoms with E-state index in [4.69, 9.17) is 4.74 Å². The third kappa shape index (κ3) is 5.84. The van der Waals surface area contributed by atoms with Gasteiger partial charge in [0.15, 0.2) is 0 Å². The molecular formula is C15H28N4O. The fourth-order valence-electron chi connectivity index (χ4n) is 2.13. The van der Waals surface area contributed by atoms with E-state index in [1.54, 1.807) is 12.4 Å². The predicted octanol–water partition coefficient (Wildman–Crippen LogP) is 2.08. The summed E-state index contributed by atoms with van der Waals surface area (Å²) in [6, 6.07) is 1.04. The Kier molecular flexibility index (Phi) is 7.47. The van der Waals surface area contributed by atoms with E-state index in [0.717, 1.165) is 25.3 Å². The van der Waals surface area contributed by atoms with E-state index in [2.05, 4.69) is 54.8 Å². The van der Waals surface area contributed by atoms with Crippen molar-refractivity contribution < 1.29 is 4.74 Å². The zero-order chi connectivity index (χ0) is 15.0. The molecule has 0 saturated carbocycles. The van der Waals surface area contributed by atoms with Gasteiger partial charge in [0.05, 0.1) is 18.1 Å². The van der Waals surface area contributed by atoms with Crippen molar-refractivity contribution in [1.82, 2.24) is 20.2 Å². The van der Waals surface area contributed by atoms with Crippen LogP contribution in [0.3, 0.4) is 0 Å². The molecule has 1 rings (SSSR count). The summed E-state index contributed by atoms with van der Waals surface area (Å²) in [6.45, 7) is 14.1. The summed E-state index contributed by atoms with van der Waals surface area (Å²) in [5.74, 6) is 0.595. The van der Waals surface area contributed by atoms with Crippen molar-refractivity contribution in [1.29, 1.82) is 0 Å². The lowest BCUT2D eigenvalue weighted by Gasteiger charge is -2.30. The Balaban J connectivity index is 2.38. The fourth-order valence-corrected chi connectivity index (χ4v) is 2.13. The van der Waals surface area contributed by atoms with Gasteiger partial charge in [0.1, 0.15) is 6.61 Å². The van der Waals surface area contributed by atoms with Crippen LogP contribution in [0.15, 0.2) is 12.4 Å². The summed E-state index contributed by atoms with van der Waals surface area (Å²) in [5, 5.41) is 3.22. The minimum absolute atomic E-state index is 0.521. The SMILES string of the molecule is CCNCc1cnc(OCCN(C(C)C)C(C)C)cn1. The maximum Gasteiger partial charge on any atom is 0.232 e. The van der Waals surface area contributed by atoms with Crippen LogP contribution >= 0.6 is 0 Å². The third-order valence-corrected chi connectivity index (χ3v) is 3.16. The van der Waals surface area contributed by atoms with Crippen LogP contribution in [0.1, 0.15) is 40.3 Å². The van der Waals surface area contributed by atoms with E-state index in [-0.39, 0.29) is 0 Å². The van der Waals surface area contributed by atoms with Crippen molar-refractivity contribution in [2.24, 2.45) is 0 Å². The van der Waals surface area contributed by atoms with Crippen molar-refractivity contribution >= 4 is 0 Å². The molecule has 0 bridgehead atoms. The molecule has 114 valence electrons. The minimum Gasteiger partial charge on any atom is -0.475 e. The number of ether oxygens (including phenoxy) is 1. The molecule has 0 amide bonds. The first-order valence-electron chi connectivity index (χ1n) is 7.44. The van der Waals surface area contributed by atoms with Crippen LogP contribution in [0, 0.1) is 0 Å². The molecule has 1 aromatic heterocycles. The second-order valence-corrected chi connectivity index (χ2v) is 5.40. The van der Waals surface area contributed by atoms with E-state index < -0.39 is 0 Å². The van der Waals surface area contributed by atoms with Crippen LogP contribution in [0.4, 0.5) is 0 Å². The van der Waals surface area contributed by atoms with Crippen LogP contribution in [-0.2, 0) is 6.54 Å². The second-order valence-electron chi connectivity index (χ2n) is 5.40. The smallest absolute Gasteiger partial charge is 0.232 e. The Bertz CT molecular complexity index is 357. The van der Waals surface area contributed by atoms with Gasteiger partial charge < -0.3 is 10.1 Å². The van der Waals surface area contributed by atoms with Crippen molar-refractivity contribution in [2.45, 2.75) is 53.2 Å². The topological polar surface area (TPSA) is 50.3 Å². The zero-order valence-corrected chi connectivity index (χ0v) is 13.4. The Morgan fingerprint density at radius 3 is 2.35 bits per heavy atom. The van der Waals surface area contributed by atoms with E-state index in [9.17, 15) is 0 Å². The molecule has 1 N–H and O–H groups in total. The van der Waals surface area contributed by atoms with Gasteiger partial charge in [-0.2, -0.15) is 0 Å². The number of hydrogen-bond acceptors (Lipinski definition) is 5. The summed E-state index contributed by atoms with van der Waals surface area (Å²) in [6.07, 6.45) is 3.46. The maximum atomic E-state index is 5.66. The Morgan fingerprint density at radius 1 is 1.15 bits per heavy atom. The van der Waals surface area contributed by atoms with Crippen molar-refractivity contribution in [2.75, 3.05) is 19.7 Å². The van der Waals surface area contributed by atoms with Gasteiger partial charge in [0, 0.05) is 25.2 Å². The molecule has 0 radical (unpaired) electrons. The summed E-state index contributed by atoms with van der Waals surface area (Å²) < 4.78 is 5.66. The number of nitrogens with zero attached hydrogens (tertiary/aromatic N) is 3. The van der Waals surface area contributed by atoms with Crippen LogP contribution < -0.4 is 10.1 Å². The molecule has 0 unspecified atom stereocenters. The van der Waals surface area contributed by atoms with E-state index in [1.165, 1.54) is 0 Å². The van der Waals surface area contributed by atoms with E-state index in [0.29, 0.717) is 24.6 Å². The van der Waals surface area contributed by atoms with Crippen LogP contribution in [0.25, 0.3) is 0 Å². The van der Waals surface area contributed by atoms with Gasteiger partial charge in [-0.25, -0.2) is 4.98 Å².